The molecular weight excluding hydrogens is 400 g/mol. The van der Waals surface area contributed by atoms with Gasteiger partial charge in [-0.25, -0.2) is 0 Å². The third-order valence-electron chi connectivity index (χ3n) is 7.81. The van der Waals surface area contributed by atoms with Gasteiger partial charge in [-0.05, 0) is 30.4 Å². The summed E-state index contributed by atoms with van der Waals surface area (Å²) in [6.07, 6.45) is 4.88. The predicted molar refractivity (Wildman–Crippen MR) is 122 cm³/mol. The quantitative estimate of drug-likeness (QED) is 0.801. The Bertz CT molecular complexity index is 963. The highest BCUT2D eigenvalue weighted by Gasteiger charge is 2.51. The fourth-order valence-electron chi connectivity index (χ4n) is 6.17. The Balaban J connectivity index is 1.32. The topological polar surface area (TPSA) is 60.9 Å². The molecule has 5 rings (SSSR count). The molecule has 2 aliphatic heterocycles. The lowest BCUT2D eigenvalue weighted by atomic mass is 9.66. The highest BCUT2D eigenvalue weighted by molar-refractivity contribution is 5.89. The summed E-state index contributed by atoms with van der Waals surface area (Å²) in [7, 11) is 0. The first-order valence-electron chi connectivity index (χ1n) is 12.0. The SMILES string of the molecule is O=C1CC(C(=O)N2CC[C@](O)(c3ccccc3)[C@H]3CCCCC32)CN1Cc1ccccc1. The second-order valence-corrected chi connectivity index (χ2v) is 9.69. The molecule has 2 aromatic carbocycles. The fraction of sp³-hybridized carbons (Fsp3) is 0.481. The van der Waals surface area contributed by atoms with E-state index in [0.29, 0.717) is 32.5 Å². The second-order valence-electron chi connectivity index (χ2n) is 9.69. The Labute approximate surface area is 190 Å². The van der Waals surface area contributed by atoms with Gasteiger partial charge < -0.3 is 14.9 Å². The van der Waals surface area contributed by atoms with Crippen molar-refractivity contribution in [3.8, 4) is 0 Å². The molecule has 1 saturated carbocycles. The number of rotatable bonds is 4. The first-order valence-corrected chi connectivity index (χ1v) is 12.0. The van der Waals surface area contributed by atoms with Crippen molar-refractivity contribution in [2.75, 3.05) is 13.1 Å². The van der Waals surface area contributed by atoms with Crippen molar-refractivity contribution in [1.29, 1.82) is 0 Å². The van der Waals surface area contributed by atoms with Crippen molar-refractivity contribution >= 4 is 11.8 Å². The largest absolute Gasteiger partial charge is 0.385 e. The zero-order valence-corrected chi connectivity index (χ0v) is 18.5. The molecule has 1 N–H and O–H groups in total. The molecule has 0 bridgehead atoms. The molecule has 5 heteroatoms. The van der Waals surface area contributed by atoms with Gasteiger partial charge in [0.25, 0.3) is 0 Å². The van der Waals surface area contributed by atoms with Crippen LogP contribution in [0.1, 0.15) is 49.7 Å². The van der Waals surface area contributed by atoms with Crippen molar-refractivity contribution < 1.29 is 14.7 Å². The predicted octanol–water partition coefficient (Wildman–Crippen LogP) is 3.71. The van der Waals surface area contributed by atoms with Crippen LogP contribution in [-0.2, 0) is 21.7 Å². The number of hydrogen-bond donors (Lipinski definition) is 1. The molecule has 2 unspecified atom stereocenters. The maximum Gasteiger partial charge on any atom is 0.228 e. The van der Waals surface area contributed by atoms with Gasteiger partial charge in [0, 0.05) is 38.0 Å². The number of benzene rings is 2. The summed E-state index contributed by atoms with van der Waals surface area (Å²) in [5.74, 6) is -0.0725. The maximum absolute atomic E-state index is 13.6. The number of carbonyl (C=O) groups excluding carboxylic acids is 2. The highest BCUT2D eigenvalue weighted by atomic mass is 16.3. The normalized spacial score (nSPS) is 30.3. The lowest BCUT2D eigenvalue weighted by Gasteiger charge is -2.53. The van der Waals surface area contributed by atoms with E-state index in [1.165, 1.54) is 0 Å². The molecule has 2 saturated heterocycles. The summed E-state index contributed by atoms with van der Waals surface area (Å²) in [6, 6.07) is 20.0. The van der Waals surface area contributed by atoms with E-state index in [0.717, 1.165) is 36.8 Å². The molecule has 2 amide bonds. The number of nitrogens with zero attached hydrogens (tertiary/aromatic N) is 2. The lowest BCUT2D eigenvalue weighted by Crippen LogP contribution is -2.60. The summed E-state index contributed by atoms with van der Waals surface area (Å²) in [5, 5.41) is 11.8. The minimum Gasteiger partial charge on any atom is -0.385 e. The number of fused-ring (bicyclic) bond motifs is 1. The van der Waals surface area contributed by atoms with E-state index in [4.69, 9.17) is 0 Å². The van der Waals surface area contributed by atoms with E-state index in [-0.39, 0.29) is 29.7 Å². The van der Waals surface area contributed by atoms with Crippen LogP contribution in [0.15, 0.2) is 60.7 Å². The fourth-order valence-corrected chi connectivity index (χ4v) is 6.17. The molecule has 3 fully saturated rings. The van der Waals surface area contributed by atoms with Crippen LogP contribution in [0.3, 0.4) is 0 Å². The number of carbonyl (C=O) groups is 2. The van der Waals surface area contributed by atoms with Crippen molar-refractivity contribution in [1.82, 2.24) is 9.80 Å². The molecule has 0 aromatic heterocycles. The molecule has 5 nitrogen and oxygen atoms in total. The van der Waals surface area contributed by atoms with Gasteiger partial charge in [-0.3, -0.25) is 9.59 Å². The number of amides is 2. The van der Waals surface area contributed by atoms with Gasteiger partial charge in [-0.1, -0.05) is 73.5 Å². The van der Waals surface area contributed by atoms with Crippen LogP contribution >= 0.6 is 0 Å². The first kappa shape index (κ1) is 21.2. The van der Waals surface area contributed by atoms with E-state index in [9.17, 15) is 14.7 Å². The molecule has 2 aromatic rings. The van der Waals surface area contributed by atoms with Crippen molar-refractivity contribution in [3.63, 3.8) is 0 Å². The number of likely N-dealkylation sites (tertiary alicyclic amines) is 2. The average Bonchev–Trinajstić information content (AvgIpc) is 3.20. The second kappa shape index (κ2) is 8.70. The van der Waals surface area contributed by atoms with Crippen LogP contribution in [0.5, 0.6) is 0 Å². The van der Waals surface area contributed by atoms with Crippen LogP contribution in [0, 0.1) is 11.8 Å². The number of aliphatic hydroxyl groups is 1. The van der Waals surface area contributed by atoms with E-state index < -0.39 is 5.60 Å². The first-order chi connectivity index (χ1) is 15.6. The zero-order valence-electron chi connectivity index (χ0n) is 18.5. The lowest BCUT2D eigenvalue weighted by molar-refractivity contribution is -0.158. The summed E-state index contributed by atoms with van der Waals surface area (Å²) < 4.78 is 0. The number of hydrogen-bond acceptors (Lipinski definition) is 3. The Morgan fingerprint density at radius 1 is 1.00 bits per heavy atom. The molecule has 168 valence electrons. The molecule has 0 spiro atoms. The molecule has 2 heterocycles. The van der Waals surface area contributed by atoms with Gasteiger partial charge >= 0.3 is 0 Å². The minimum absolute atomic E-state index is 0.0495. The van der Waals surface area contributed by atoms with Crippen LogP contribution in [-0.4, -0.2) is 45.9 Å². The molecule has 32 heavy (non-hydrogen) atoms. The van der Waals surface area contributed by atoms with Gasteiger partial charge in [0.2, 0.25) is 11.8 Å². The molecular formula is C27H32N2O3. The standard InChI is InChI=1S/C27H32N2O3/c30-25-17-21(19-28(25)18-20-9-3-1-4-10-20)26(31)29-16-15-27(32,22-11-5-2-6-12-22)23-13-7-8-14-24(23)29/h1-6,9-12,21,23-24,32H,7-8,13-19H2/t21?,23-,24?,27-/m0/s1. The van der Waals surface area contributed by atoms with Crippen LogP contribution in [0.4, 0.5) is 0 Å². The van der Waals surface area contributed by atoms with Crippen LogP contribution < -0.4 is 0 Å². The third kappa shape index (κ3) is 3.83. The van der Waals surface area contributed by atoms with E-state index >= 15 is 0 Å². The highest BCUT2D eigenvalue weighted by Crippen LogP contribution is 2.47. The molecule has 1 aliphatic carbocycles. The molecule has 3 aliphatic rings. The Kier molecular flexibility index (Phi) is 5.76. The third-order valence-corrected chi connectivity index (χ3v) is 7.81. The minimum atomic E-state index is -0.881. The van der Waals surface area contributed by atoms with Crippen molar-refractivity contribution in [2.24, 2.45) is 11.8 Å². The molecule has 0 radical (unpaired) electrons. The van der Waals surface area contributed by atoms with E-state index in [2.05, 4.69) is 0 Å². The smallest absolute Gasteiger partial charge is 0.228 e. The summed E-state index contributed by atoms with van der Waals surface area (Å²) in [5.41, 5.74) is 1.18. The Hall–Kier alpha value is -2.66. The van der Waals surface area contributed by atoms with E-state index in [1.807, 2.05) is 70.5 Å². The monoisotopic (exact) mass is 432 g/mol. The van der Waals surface area contributed by atoms with Gasteiger partial charge in [-0.15, -0.1) is 0 Å². The van der Waals surface area contributed by atoms with Gasteiger partial charge in [0.15, 0.2) is 0 Å². The van der Waals surface area contributed by atoms with Crippen molar-refractivity contribution in [2.45, 2.75) is 56.7 Å². The van der Waals surface area contributed by atoms with Gasteiger partial charge in [0.05, 0.1) is 11.5 Å². The summed E-state index contributed by atoms with van der Waals surface area (Å²) >= 11 is 0. The average molecular weight is 433 g/mol. The van der Waals surface area contributed by atoms with Crippen molar-refractivity contribution in [3.05, 3.63) is 71.8 Å². The zero-order chi connectivity index (χ0) is 22.1. The van der Waals surface area contributed by atoms with Crippen LogP contribution in [0.2, 0.25) is 0 Å². The summed E-state index contributed by atoms with van der Waals surface area (Å²) in [6.45, 7) is 1.60. The van der Waals surface area contributed by atoms with E-state index in [1.54, 1.807) is 0 Å². The van der Waals surface area contributed by atoms with Gasteiger partial charge in [0.1, 0.15) is 0 Å². The molecule has 4 atom stereocenters. The Morgan fingerprint density at radius 2 is 1.69 bits per heavy atom. The Morgan fingerprint density at radius 3 is 2.44 bits per heavy atom. The van der Waals surface area contributed by atoms with Crippen LogP contribution in [0.25, 0.3) is 0 Å². The number of piperidine rings is 1. The summed E-state index contributed by atoms with van der Waals surface area (Å²) in [4.78, 5) is 30.1. The maximum atomic E-state index is 13.6. The van der Waals surface area contributed by atoms with Gasteiger partial charge in [-0.2, -0.15) is 0 Å².